The second-order valence-corrected chi connectivity index (χ2v) is 3.84. The van der Waals surface area contributed by atoms with E-state index in [4.69, 9.17) is 0 Å². The Balaban J connectivity index is 1.90. The Morgan fingerprint density at radius 1 is 1.54 bits per heavy atom. The maximum Gasteiger partial charge on any atom is 0.126 e. The molecule has 1 heterocycles. The summed E-state index contributed by atoms with van der Waals surface area (Å²) in [7, 11) is 0. The molecule has 1 aromatic heterocycles. The Bertz CT molecular complexity index is 290. The highest BCUT2D eigenvalue weighted by molar-refractivity contribution is 5.63. The Morgan fingerprint density at radius 3 is 2.92 bits per heavy atom. The Hall–Kier alpha value is -1.18. The van der Waals surface area contributed by atoms with Gasteiger partial charge in [0.25, 0.3) is 0 Å². The molecule has 0 bridgehead atoms. The molecule has 0 N–H and O–H groups in total. The van der Waals surface area contributed by atoms with Gasteiger partial charge in [-0.25, -0.2) is 0 Å². The minimum atomic E-state index is 0.0375. The normalized spacial score (nSPS) is 18.2. The monoisotopic (exact) mass is 175 g/mol. The SMILES string of the molecule is O=CC1(CCc2cccnc2)CC1. The molecule has 2 nitrogen and oxygen atoms in total. The molecule has 0 unspecified atom stereocenters. The molecule has 13 heavy (non-hydrogen) atoms. The number of pyridine rings is 1. The van der Waals surface area contributed by atoms with E-state index in [1.807, 2.05) is 12.3 Å². The van der Waals surface area contributed by atoms with Crippen molar-refractivity contribution in [3.63, 3.8) is 0 Å². The fraction of sp³-hybridized carbons (Fsp3) is 0.455. The van der Waals surface area contributed by atoms with Crippen LogP contribution >= 0.6 is 0 Å². The predicted octanol–water partition coefficient (Wildman–Crippen LogP) is 1.99. The minimum Gasteiger partial charge on any atom is -0.303 e. The lowest BCUT2D eigenvalue weighted by Crippen LogP contribution is -2.03. The molecule has 2 rings (SSSR count). The van der Waals surface area contributed by atoms with Gasteiger partial charge in [-0.3, -0.25) is 4.98 Å². The zero-order chi connectivity index (χ0) is 9.15. The van der Waals surface area contributed by atoms with Crippen LogP contribution in [0.4, 0.5) is 0 Å². The zero-order valence-corrected chi connectivity index (χ0v) is 7.57. The van der Waals surface area contributed by atoms with Gasteiger partial charge in [0.1, 0.15) is 6.29 Å². The third kappa shape index (κ3) is 1.94. The van der Waals surface area contributed by atoms with E-state index in [2.05, 4.69) is 11.1 Å². The fourth-order valence-corrected chi connectivity index (χ4v) is 1.53. The fourth-order valence-electron chi connectivity index (χ4n) is 1.53. The van der Waals surface area contributed by atoms with E-state index >= 15 is 0 Å². The molecular weight excluding hydrogens is 162 g/mol. The summed E-state index contributed by atoms with van der Waals surface area (Å²) in [5.41, 5.74) is 1.27. The maximum atomic E-state index is 10.7. The van der Waals surface area contributed by atoms with Crippen molar-refractivity contribution in [3.8, 4) is 0 Å². The number of aromatic nitrogens is 1. The van der Waals surface area contributed by atoms with Crippen molar-refractivity contribution in [1.29, 1.82) is 0 Å². The Kier molecular flexibility index (Phi) is 2.13. The second kappa shape index (κ2) is 3.29. The highest BCUT2D eigenvalue weighted by Crippen LogP contribution is 2.47. The standard InChI is InChI=1S/C11H13NO/c13-9-11(5-6-11)4-3-10-2-1-7-12-8-10/h1-2,7-9H,3-6H2. The topological polar surface area (TPSA) is 30.0 Å². The molecule has 1 aliphatic carbocycles. The summed E-state index contributed by atoms with van der Waals surface area (Å²) < 4.78 is 0. The number of rotatable bonds is 4. The number of nitrogens with zero attached hydrogens (tertiary/aromatic N) is 1. The van der Waals surface area contributed by atoms with Crippen LogP contribution in [0.3, 0.4) is 0 Å². The second-order valence-electron chi connectivity index (χ2n) is 3.84. The molecule has 1 aliphatic rings. The molecule has 0 spiro atoms. The molecule has 0 atom stereocenters. The van der Waals surface area contributed by atoms with Crippen LogP contribution in [0.1, 0.15) is 24.8 Å². The number of aryl methyl sites for hydroxylation is 1. The van der Waals surface area contributed by atoms with E-state index in [0.29, 0.717) is 0 Å². The molecule has 0 amide bonds. The largest absolute Gasteiger partial charge is 0.303 e. The molecule has 2 heteroatoms. The summed E-state index contributed by atoms with van der Waals surface area (Å²) in [6.07, 6.45) is 8.91. The van der Waals surface area contributed by atoms with Gasteiger partial charge in [-0.1, -0.05) is 6.07 Å². The van der Waals surface area contributed by atoms with Gasteiger partial charge in [-0.2, -0.15) is 0 Å². The summed E-state index contributed by atoms with van der Waals surface area (Å²) in [5.74, 6) is 0. The van der Waals surface area contributed by atoms with Crippen LogP contribution in [0.25, 0.3) is 0 Å². The molecule has 68 valence electrons. The average Bonchev–Trinajstić information content (AvgIpc) is 2.97. The lowest BCUT2D eigenvalue weighted by atomic mass is 9.99. The number of carbonyl (C=O) groups is 1. The van der Waals surface area contributed by atoms with Crippen LogP contribution in [0.2, 0.25) is 0 Å². The highest BCUT2D eigenvalue weighted by Gasteiger charge is 2.41. The third-order valence-corrected chi connectivity index (χ3v) is 2.78. The first-order valence-electron chi connectivity index (χ1n) is 4.70. The lowest BCUT2D eigenvalue weighted by molar-refractivity contribution is -0.112. The van der Waals surface area contributed by atoms with Crippen molar-refractivity contribution in [2.45, 2.75) is 25.7 Å². The molecule has 1 aromatic rings. The summed E-state index contributed by atoms with van der Waals surface area (Å²) in [6.45, 7) is 0. The molecule has 1 saturated carbocycles. The molecule has 0 saturated heterocycles. The number of hydrogen-bond acceptors (Lipinski definition) is 2. The summed E-state index contributed by atoms with van der Waals surface area (Å²) >= 11 is 0. The highest BCUT2D eigenvalue weighted by atomic mass is 16.1. The van der Waals surface area contributed by atoms with Gasteiger partial charge in [0.05, 0.1) is 0 Å². The van der Waals surface area contributed by atoms with Gasteiger partial charge >= 0.3 is 0 Å². The van der Waals surface area contributed by atoms with Crippen LogP contribution in [0, 0.1) is 5.41 Å². The van der Waals surface area contributed by atoms with Crippen LogP contribution in [-0.2, 0) is 11.2 Å². The molecule has 1 fully saturated rings. The van der Waals surface area contributed by atoms with Crippen LogP contribution in [0.5, 0.6) is 0 Å². The summed E-state index contributed by atoms with van der Waals surface area (Å²) in [4.78, 5) is 14.7. The van der Waals surface area contributed by atoms with Gasteiger partial charge in [-0.15, -0.1) is 0 Å². The first-order chi connectivity index (χ1) is 6.35. The van der Waals surface area contributed by atoms with Crippen molar-refractivity contribution in [1.82, 2.24) is 4.98 Å². The summed E-state index contributed by atoms with van der Waals surface area (Å²) in [5, 5.41) is 0. The summed E-state index contributed by atoms with van der Waals surface area (Å²) in [6, 6.07) is 4.00. The maximum absolute atomic E-state index is 10.7. The number of carbonyl (C=O) groups excluding carboxylic acids is 1. The minimum absolute atomic E-state index is 0.0375. The van der Waals surface area contributed by atoms with Gasteiger partial charge in [0, 0.05) is 17.8 Å². The number of hydrogen-bond donors (Lipinski definition) is 0. The quantitative estimate of drug-likeness (QED) is 0.655. The van der Waals surface area contributed by atoms with E-state index in [-0.39, 0.29) is 5.41 Å². The van der Waals surface area contributed by atoms with Crippen molar-refractivity contribution < 1.29 is 4.79 Å². The predicted molar refractivity (Wildman–Crippen MR) is 50.3 cm³/mol. The van der Waals surface area contributed by atoms with Crippen LogP contribution in [-0.4, -0.2) is 11.3 Å². The van der Waals surface area contributed by atoms with E-state index in [9.17, 15) is 4.79 Å². The van der Waals surface area contributed by atoms with Crippen LogP contribution in [0.15, 0.2) is 24.5 Å². The van der Waals surface area contributed by atoms with Gasteiger partial charge in [0.15, 0.2) is 0 Å². The van der Waals surface area contributed by atoms with E-state index in [1.165, 1.54) is 5.56 Å². The first kappa shape index (κ1) is 8.42. The molecule has 0 aromatic carbocycles. The van der Waals surface area contributed by atoms with Gasteiger partial charge < -0.3 is 4.79 Å². The van der Waals surface area contributed by atoms with E-state index in [1.54, 1.807) is 6.20 Å². The zero-order valence-electron chi connectivity index (χ0n) is 7.57. The van der Waals surface area contributed by atoms with Crippen LogP contribution < -0.4 is 0 Å². The van der Waals surface area contributed by atoms with Gasteiger partial charge in [0.2, 0.25) is 0 Å². The molecule has 0 aliphatic heterocycles. The van der Waals surface area contributed by atoms with E-state index in [0.717, 1.165) is 32.0 Å². The van der Waals surface area contributed by atoms with Crippen molar-refractivity contribution >= 4 is 6.29 Å². The average molecular weight is 175 g/mol. The Morgan fingerprint density at radius 2 is 2.38 bits per heavy atom. The van der Waals surface area contributed by atoms with Crippen molar-refractivity contribution in [3.05, 3.63) is 30.1 Å². The molecule has 0 radical (unpaired) electrons. The first-order valence-corrected chi connectivity index (χ1v) is 4.70. The van der Waals surface area contributed by atoms with Crippen molar-refractivity contribution in [2.75, 3.05) is 0 Å². The third-order valence-electron chi connectivity index (χ3n) is 2.78. The van der Waals surface area contributed by atoms with Crippen molar-refractivity contribution in [2.24, 2.45) is 5.41 Å². The van der Waals surface area contributed by atoms with Gasteiger partial charge in [-0.05, 0) is 37.3 Å². The smallest absolute Gasteiger partial charge is 0.126 e. The molecular formula is C11H13NO. The number of aldehydes is 1. The lowest BCUT2D eigenvalue weighted by Gasteiger charge is -2.05. The Labute approximate surface area is 78.0 Å². The van der Waals surface area contributed by atoms with E-state index < -0.39 is 0 Å².